The molecule has 0 amide bonds. The molecule has 1 saturated carbocycles. The number of rotatable bonds is 6. The topological polar surface area (TPSA) is 116 Å². The first kappa shape index (κ1) is 18.5. The van der Waals surface area contributed by atoms with Gasteiger partial charge >= 0.3 is 0 Å². The van der Waals surface area contributed by atoms with Crippen molar-refractivity contribution in [3.8, 4) is 0 Å². The Kier molecular flexibility index (Phi) is 4.83. The number of nitrogens with one attached hydrogen (secondary N) is 1. The van der Waals surface area contributed by atoms with E-state index in [2.05, 4.69) is 25.3 Å². The quantitative estimate of drug-likeness (QED) is 0.548. The van der Waals surface area contributed by atoms with Gasteiger partial charge in [-0.15, -0.1) is 0 Å². The molecule has 28 heavy (non-hydrogen) atoms. The number of aromatic nitrogens is 5. The van der Waals surface area contributed by atoms with E-state index in [4.69, 9.17) is 29.6 Å². The van der Waals surface area contributed by atoms with Crippen LogP contribution in [0.4, 0.5) is 17.3 Å². The van der Waals surface area contributed by atoms with E-state index >= 15 is 0 Å². The van der Waals surface area contributed by atoms with Gasteiger partial charge in [0.15, 0.2) is 5.65 Å². The Morgan fingerprint density at radius 1 is 1.39 bits per heavy atom. The Balaban J connectivity index is 1.48. The minimum atomic E-state index is 0.222. The molecule has 0 spiro atoms. The van der Waals surface area contributed by atoms with Crippen LogP contribution in [0.25, 0.3) is 10.5 Å². The number of aryl methyl sites for hydroxylation is 1. The van der Waals surface area contributed by atoms with E-state index in [-0.39, 0.29) is 11.5 Å². The summed E-state index contributed by atoms with van der Waals surface area (Å²) in [6, 6.07) is 2.43. The molecule has 0 radical (unpaired) electrons. The largest absolute Gasteiger partial charge is 0.392 e. The molecule has 9 nitrogen and oxygen atoms in total. The maximum atomic E-state index is 7.44. The molecule has 2 atom stereocenters. The van der Waals surface area contributed by atoms with Gasteiger partial charge in [0, 0.05) is 19.2 Å². The SMILES string of the molecule is [C-]#[N+]c1c(NCCc2ccn(C3CCC3CN)n2)nc2c(Cl)c(C)nn2c1N. The Hall–Kier alpha value is -2.83. The molecule has 3 aromatic rings. The van der Waals surface area contributed by atoms with Gasteiger partial charge in [-0.3, -0.25) is 4.68 Å². The van der Waals surface area contributed by atoms with Crippen molar-refractivity contribution in [1.29, 1.82) is 0 Å². The molecule has 0 aromatic carbocycles. The summed E-state index contributed by atoms with van der Waals surface area (Å²) in [5.74, 6) is 1.15. The van der Waals surface area contributed by atoms with E-state index in [9.17, 15) is 0 Å². The number of halogens is 1. The molecule has 3 heterocycles. The van der Waals surface area contributed by atoms with Gasteiger partial charge in [-0.05, 0) is 38.3 Å². The summed E-state index contributed by atoms with van der Waals surface area (Å²) < 4.78 is 3.43. The number of fused-ring (bicyclic) bond motifs is 1. The predicted octanol–water partition coefficient (Wildman–Crippen LogP) is 2.59. The number of nitrogens with zero attached hydrogens (tertiary/aromatic N) is 6. The molecule has 1 fully saturated rings. The molecule has 4 rings (SSSR count). The number of nitrogens with two attached hydrogens (primary N) is 2. The molecule has 0 bridgehead atoms. The van der Waals surface area contributed by atoms with Crippen molar-refractivity contribution < 1.29 is 0 Å². The summed E-state index contributed by atoms with van der Waals surface area (Å²) in [5.41, 5.74) is 14.2. The number of hydrogen-bond donors (Lipinski definition) is 3. The molecule has 146 valence electrons. The van der Waals surface area contributed by atoms with E-state index < -0.39 is 0 Å². The van der Waals surface area contributed by atoms with Crippen LogP contribution in [-0.4, -0.2) is 37.5 Å². The summed E-state index contributed by atoms with van der Waals surface area (Å²) >= 11 is 6.26. The van der Waals surface area contributed by atoms with Crippen LogP contribution in [0.1, 0.15) is 30.3 Å². The summed E-state index contributed by atoms with van der Waals surface area (Å²) in [7, 11) is 0. The second-order valence-electron chi connectivity index (χ2n) is 7.05. The third-order valence-corrected chi connectivity index (χ3v) is 5.79. The third-order valence-electron chi connectivity index (χ3n) is 5.35. The smallest absolute Gasteiger partial charge is 0.268 e. The van der Waals surface area contributed by atoms with E-state index in [0.29, 0.717) is 53.7 Å². The van der Waals surface area contributed by atoms with Gasteiger partial charge in [0.05, 0.1) is 24.0 Å². The normalized spacial score (nSPS) is 18.8. The summed E-state index contributed by atoms with van der Waals surface area (Å²) in [5, 5.41) is 12.5. The molecule has 1 aliphatic carbocycles. The maximum Gasteiger partial charge on any atom is 0.268 e. The first-order valence-corrected chi connectivity index (χ1v) is 9.61. The number of nitrogen functional groups attached to an aromatic ring is 1. The molecule has 0 aliphatic heterocycles. The molecule has 0 saturated heterocycles. The van der Waals surface area contributed by atoms with Crippen LogP contribution in [0.2, 0.25) is 5.02 Å². The van der Waals surface area contributed by atoms with Gasteiger partial charge < -0.3 is 16.8 Å². The maximum absolute atomic E-state index is 7.44. The first-order chi connectivity index (χ1) is 13.5. The fourth-order valence-electron chi connectivity index (χ4n) is 3.55. The predicted molar refractivity (Wildman–Crippen MR) is 109 cm³/mol. The zero-order chi connectivity index (χ0) is 19.8. The fourth-order valence-corrected chi connectivity index (χ4v) is 3.71. The lowest BCUT2D eigenvalue weighted by atomic mass is 9.80. The van der Waals surface area contributed by atoms with Crippen molar-refractivity contribution in [1.82, 2.24) is 24.4 Å². The lowest BCUT2D eigenvalue weighted by Crippen LogP contribution is -2.34. The Labute approximate surface area is 167 Å². The summed E-state index contributed by atoms with van der Waals surface area (Å²) in [6.07, 6.45) is 5.01. The lowest BCUT2D eigenvalue weighted by Gasteiger charge is -2.35. The highest BCUT2D eigenvalue weighted by Crippen LogP contribution is 2.37. The summed E-state index contributed by atoms with van der Waals surface area (Å²) in [4.78, 5) is 7.97. The van der Waals surface area contributed by atoms with Crippen molar-refractivity contribution in [3.05, 3.63) is 40.1 Å². The highest BCUT2D eigenvalue weighted by Gasteiger charge is 2.31. The van der Waals surface area contributed by atoms with Gasteiger partial charge in [0.1, 0.15) is 16.7 Å². The van der Waals surface area contributed by atoms with Crippen LogP contribution >= 0.6 is 11.6 Å². The van der Waals surface area contributed by atoms with Crippen LogP contribution in [-0.2, 0) is 6.42 Å². The Morgan fingerprint density at radius 3 is 2.89 bits per heavy atom. The first-order valence-electron chi connectivity index (χ1n) is 9.23. The Morgan fingerprint density at radius 2 is 2.21 bits per heavy atom. The van der Waals surface area contributed by atoms with Gasteiger partial charge in [-0.25, -0.2) is 14.3 Å². The van der Waals surface area contributed by atoms with Gasteiger partial charge in [-0.1, -0.05) is 11.6 Å². The molecule has 3 aromatic heterocycles. The van der Waals surface area contributed by atoms with E-state index in [1.807, 2.05) is 16.9 Å². The van der Waals surface area contributed by atoms with Crippen molar-refractivity contribution in [2.45, 2.75) is 32.2 Å². The van der Waals surface area contributed by atoms with Crippen LogP contribution in [0.15, 0.2) is 12.3 Å². The van der Waals surface area contributed by atoms with E-state index in [1.54, 1.807) is 6.92 Å². The molecule has 2 unspecified atom stereocenters. The molecular formula is C18H22ClN9. The third kappa shape index (κ3) is 3.04. The average Bonchev–Trinajstić information content (AvgIpc) is 3.21. The molecular weight excluding hydrogens is 378 g/mol. The van der Waals surface area contributed by atoms with Crippen LogP contribution < -0.4 is 16.8 Å². The van der Waals surface area contributed by atoms with Gasteiger partial charge in [-0.2, -0.15) is 10.2 Å². The molecule has 5 N–H and O–H groups in total. The highest BCUT2D eigenvalue weighted by atomic mass is 35.5. The lowest BCUT2D eigenvalue weighted by molar-refractivity contribution is 0.173. The second-order valence-corrected chi connectivity index (χ2v) is 7.42. The van der Waals surface area contributed by atoms with E-state index in [0.717, 1.165) is 12.1 Å². The standard InChI is InChI=1S/C18H22ClN9/c1-10-14(19)18-24-17(15(22-2)16(21)28(18)25-10)23-7-5-12-6-8-27(26-12)13-4-3-11(13)9-20/h6,8,11,13H,3-5,7,9,20-21H2,1H3,(H,23,24). The molecule has 10 heteroatoms. The zero-order valence-electron chi connectivity index (χ0n) is 15.6. The van der Waals surface area contributed by atoms with Crippen molar-refractivity contribution in [3.63, 3.8) is 0 Å². The zero-order valence-corrected chi connectivity index (χ0v) is 16.3. The monoisotopic (exact) mass is 399 g/mol. The van der Waals surface area contributed by atoms with Crippen molar-refractivity contribution in [2.75, 3.05) is 24.1 Å². The minimum Gasteiger partial charge on any atom is -0.392 e. The van der Waals surface area contributed by atoms with Gasteiger partial charge in [0.2, 0.25) is 0 Å². The number of hydrogen-bond acceptors (Lipinski definition) is 6. The number of anilines is 2. The average molecular weight is 400 g/mol. The fraction of sp³-hybridized carbons (Fsp3) is 0.444. The highest BCUT2D eigenvalue weighted by molar-refractivity contribution is 6.34. The van der Waals surface area contributed by atoms with E-state index in [1.165, 1.54) is 10.9 Å². The van der Waals surface area contributed by atoms with Crippen LogP contribution in [0.5, 0.6) is 0 Å². The van der Waals surface area contributed by atoms with Crippen LogP contribution in [0.3, 0.4) is 0 Å². The second kappa shape index (κ2) is 7.30. The Bertz CT molecular complexity index is 1060. The minimum absolute atomic E-state index is 0.222. The van der Waals surface area contributed by atoms with Gasteiger partial charge in [0.25, 0.3) is 5.69 Å². The van der Waals surface area contributed by atoms with Crippen LogP contribution in [0, 0.1) is 19.4 Å². The summed E-state index contributed by atoms with van der Waals surface area (Å²) in [6.45, 7) is 10.5. The van der Waals surface area contributed by atoms with Crippen molar-refractivity contribution in [2.24, 2.45) is 11.7 Å². The van der Waals surface area contributed by atoms with Crippen molar-refractivity contribution >= 4 is 34.6 Å². The molecule has 1 aliphatic rings.